The van der Waals surface area contributed by atoms with Gasteiger partial charge in [0.1, 0.15) is 11.5 Å². The van der Waals surface area contributed by atoms with Crippen molar-refractivity contribution in [2.24, 2.45) is 0 Å². The maximum atomic E-state index is 9.67. The molecule has 0 saturated carbocycles. The van der Waals surface area contributed by atoms with E-state index in [9.17, 15) is 10.2 Å². The van der Waals surface area contributed by atoms with E-state index >= 15 is 0 Å². The second-order valence-corrected chi connectivity index (χ2v) is 3.37. The lowest BCUT2D eigenvalue weighted by atomic mass is 9.97. The minimum atomic E-state index is -0.635. The van der Waals surface area contributed by atoms with Crippen LogP contribution in [0.4, 0.5) is 0 Å². The van der Waals surface area contributed by atoms with E-state index in [1.165, 1.54) is 6.07 Å². The third-order valence-corrected chi connectivity index (χ3v) is 2.44. The number of aliphatic hydroxyl groups is 1. The summed E-state index contributed by atoms with van der Waals surface area (Å²) >= 11 is 0. The fourth-order valence-corrected chi connectivity index (χ4v) is 1.76. The van der Waals surface area contributed by atoms with Gasteiger partial charge in [0.15, 0.2) is 0 Å². The zero-order valence-electron chi connectivity index (χ0n) is 7.95. The lowest BCUT2D eigenvalue weighted by molar-refractivity contribution is 0.161. The maximum Gasteiger partial charge on any atom is 0.125 e. The summed E-state index contributed by atoms with van der Waals surface area (Å²) in [7, 11) is 1.55. The molecule has 0 aromatic heterocycles. The standard InChI is InChI=1S/C10H13NO3/c1-14-7-2-6-4-11-5-9(13)10(6)8(12)3-7/h2-3,9,11-13H,4-5H2,1H3/t9-/m1/s1. The Hall–Kier alpha value is -1.26. The van der Waals surface area contributed by atoms with E-state index in [2.05, 4.69) is 5.32 Å². The van der Waals surface area contributed by atoms with E-state index in [4.69, 9.17) is 4.74 Å². The predicted molar refractivity (Wildman–Crippen MR) is 51.3 cm³/mol. The zero-order chi connectivity index (χ0) is 10.1. The molecule has 0 amide bonds. The van der Waals surface area contributed by atoms with Gasteiger partial charge in [-0.3, -0.25) is 0 Å². The Morgan fingerprint density at radius 2 is 2.29 bits per heavy atom. The number of fused-ring (bicyclic) bond motifs is 1. The van der Waals surface area contributed by atoms with Crippen molar-refractivity contribution in [2.75, 3.05) is 13.7 Å². The molecule has 1 heterocycles. The van der Waals surface area contributed by atoms with Gasteiger partial charge in [0.25, 0.3) is 0 Å². The molecule has 2 rings (SSSR count). The fraction of sp³-hybridized carbons (Fsp3) is 0.400. The average molecular weight is 195 g/mol. The Balaban J connectivity index is 2.51. The number of nitrogens with one attached hydrogen (secondary N) is 1. The second-order valence-electron chi connectivity index (χ2n) is 3.37. The highest BCUT2D eigenvalue weighted by Gasteiger charge is 2.21. The Labute approximate surface area is 82.1 Å². The van der Waals surface area contributed by atoms with Crippen LogP contribution in [0.15, 0.2) is 12.1 Å². The van der Waals surface area contributed by atoms with Crippen molar-refractivity contribution >= 4 is 0 Å². The first kappa shape index (κ1) is 9.30. The number of β-amino-alcohol motifs (C(OH)–C–C–N with tert-alkyl or cyclic N) is 1. The normalized spacial score (nSPS) is 20.3. The molecule has 4 nitrogen and oxygen atoms in total. The van der Waals surface area contributed by atoms with Gasteiger partial charge in [0.05, 0.1) is 13.2 Å². The highest BCUT2D eigenvalue weighted by molar-refractivity contribution is 5.48. The SMILES string of the molecule is COc1cc(O)c2c(c1)CNC[C@H]2O. The molecule has 1 aromatic carbocycles. The first-order chi connectivity index (χ1) is 6.72. The van der Waals surface area contributed by atoms with Crippen LogP contribution in [0.3, 0.4) is 0 Å². The Kier molecular flexibility index (Phi) is 2.31. The number of hydrogen-bond acceptors (Lipinski definition) is 4. The van der Waals surface area contributed by atoms with Crippen LogP contribution in [-0.4, -0.2) is 23.9 Å². The van der Waals surface area contributed by atoms with Gasteiger partial charge in [0, 0.05) is 24.7 Å². The molecule has 0 spiro atoms. The molecule has 3 N–H and O–H groups in total. The van der Waals surface area contributed by atoms with Gasteiger partial charge >= 0.3 is 0 Å². The molecule has 1 atom stereocenters. The van der Waals surface area contributed by atoms with E-state index < -0.39 is 6.10 Å². The van der Waals surface area contributed by atoms with Crippen molar-refractivity contribution in [3.05, 3.63) is 23.3 Å². The maximum absolute atomic E-state index is 9.67. The summed E-state index contributed by atoms with van der Waals surface area (Å²) in [5.74, 6) is 0.713. The number of methoxy groups -OCH3 is 1. The molecule has 0 saturated heterocycles. The number of rotatable bonds is 1. The van der Waals surface area contributed by atoms with Crippen molar-refractivity contribution < 1.29 is 14.9 Å². The highest BCUT2D eigenvalue weighted by Crippen LogP contribution is 2.34. The topological polar surface area (TPSA) is 61.7 Å². The number of benzene rings is 1. The molecule has 76 valence electrons. The molecule has 0 bridgehead atoms. The number of phenols is 1. The number of phenolic OH excluding ortho intramolecular Hbond substituents is 1. The fourth-order valence-electron chi connectivity index (χ4n) is 1.76. The van der Waals surface area contributed by atoms with Gasteiger partial charge in [0.2, 0.25) is 0 Å². The number of ether oxygens (including phenoxy) is 1. The van der Waals surface area contributed by atoms with Crippen molar-refractivity contribution in [3.8, 4) is 11.5 Å². The molecule has 4 heteroatoms. The smallest absolute Gasteiger partial charge is 0.125 e. The average Bonchev–Trinajstić information content (AvgIpc) is 2.17. The Bertz CT molecular complexity index is 351. The summed E-state index contributed by atoms with van der Waals surface area (Å²) in [6.07, 6.45) is -0.635. The number of aromatic hydroxyl groups is 1. The van der Waals surface area contributed by atoms with Crippen molar-refractivity contribution in [1.82, 2.24) is 5.32 Å². The van der Waals surface area contributed by atoms with Gasteiger partial charge in [-0.1, -0.05) is 0 Å². The summed E-state index contributed by atoms with van der Waals surface area (Å²) in [6, 6.07) is 3.35. The zero-order valence-corrected chi connectivity index (χ0v) is 7.95. The first-order valence-electron chi connectivity index (χ1n) is 4.51. The first-order valence-corrected chi connectivity index (χ1v) is 4.51. The van der Waals surface area contributed by atoms with Crippen LogP contribution in [0.1, 0.15) is 17.2 Å². The van der Waals surface area contributed by atoms with Crippen LogP contribution in [-0.2, 0) is 6.54 Å². The van der Waals surface area contributed by atoms with E-state index in [1.807, 2.05) is 6.07 Å². The van der Waals surface area contributed by atoms with Crippen molar-refractivity contribution in [2.45, 2.75) is 12.6 Å². The molecule has 0 radical (unpaired) electrons. The lowest BCUT2D eigenvalue weighted by Crippen LogP contribution is -2.28. The Morgan fingerprint density at radius 3 is 3.00 bits per heavy atom. The summed E-state index contributed by atoms with van der Waals surface area (Å²) in [6.45, 7) is 1.13. The Morgan fingerprint density at radius 1 is 1.50 bits per heavy atom. The van der Waals surface area contributed by atoms with Gasteiger partial charge in [-0.2, -0.15) is 0 Å². The van der Waals surface area contributed by atoms with E-state index in [0.717, 1.165) is 5.56 Å². The summed E-state index contributed by atoms with van der Waals surface area (Å²) in [5.41, 5.74) is 1.50. The second kappa shape index (κ2) is 3.48. The minimum Gasteiger partial charge on any atom is -0.507 e. The monoisotopic (exact) mass is 195 g/mol. The van der Waals surface area contributed by atoms with Crippen molar-refractivity contribution in [3.63, 3.8) is 0 Å². The number of hydrogen-bond donors (Lipinski definition) is 3. The molecule has 14 heavy (non-hydrogen) atoms. The summed E-state index contributed by atoms with van der Waals surface area (Å²) in [5, 5.41) is 22.4. The largest absolute Gasteiger partial charge is 0.507 e. The van der Waals surface area contributed by atoms with E-state index in [1.54, 1.807) is 7.11 Å². The molecular formula is C10H13NO3. The molecule has 0 aliphatic carbocycles. The van der Waals surface area contributed by atoms with Crippen LogP contribution in [0, 0.1) is 0 Å². The molecule has 1 aliphatic heterocycles. The lowest BCUT2D eigenvalue weighted by Gasteiger charge is -2.23. The quantitative estimate of drug-likeness (QED) is 0.612. The third kappa shape index (κ3) is 1.42. The molecule has 1 aliphatic rings. The molecule has 0 fully saturated rings. The van der Waals surface area contributed by atoms with E-state index in [-0.39, 0.29) is 5.75 Å². The predicted octanol–water partition coefficient (Wildman–Crippen LogP) is 0.537. The van der Waals surface area contributed by atoms with Crippen LogP contribution in [0.2, 0.25) is 0 Å². The van der Waals surface area contributed by atoms with Crippen LogP contribution < -0.4 is 10.1 Å². The summed E-state index contributed by atoms with van der Waals surface area (Å²) in [4.78, 5) is 0. The van der Waals surface area contributed by atoms with Gasteiger partial charge in [-0.25, -0.2) is 0 Å². The van der Waals surface area contributed by atoms with Crippen LogP contribution in [0.25, 0.3) is 0 Å². The number of aliphatic hydroxyl groups excluding tert-OH is 1. The van der Waals surface area contributed by atoms with Gasteiger partial charge < -0.3 is 20.3 Å². The van der Waals surface area contributed by atoms with Crippen LogP contribution >= 0.6 is 0 Å². The molecule has 1 aromatic rings. The van der Waals surface area contributed by atoms with Gasteiger partial charge in [-0.15, -0.1) is 0 Å². The van der Waals surface area contributed by atoms with Gasteiger partial charge in [-0.05, 0) is 11.6 Å². The van der Waals surface area contributed by atoms with Crippen LogP contribution in [0.5, 0.6) is 11.5 Å². The van der Waals surface area contributed by atoms with E-state index in [0.29, 0.717) is 24.4 Å². The molecule has 0 unspecified atom stereocenters. The minimum absolute atomic E-state index is 0.105. The highest BCUT2D eigenvalue weighted by atomic mass is 16.5. The molecular weight excluding hydrogens is 182 g/mol. The third-order valence-electron chi connectivity index (χ3n) is 2.44. The van der Waals surface area contributed by atoms with Crippen molar-refractivity contribution in [1.29, 1.82) is 0 Å². The summed E-state index contributed by atoms with van der Waals surface area (Å²) < 4.78 is 5.03.